The third kappa shape index (κ3) is 5.42. The maximum absolute atomic E-state index is 11.9. The molecule has 0 aromatic heterocycles. The molecule has 0 fully saturated rings. The van der Waals surface area contributed by atoms with Crippen LogP contribution < -0.4 is 10.6 Å². The Morgan fingerprint density at radius 3 is 2.68 bits per heavy atom. The number of hydrogen-bond acceptors (Lipinski definition) is 3. The fourth-order valence-electron chi connectivity index (χ4n) is 1.42. The Morgan fingerprint density at radius 1 is 1.32 bits per heavy atom. The first-order chi connectivity index (χ1) is 9.02. The molecule has 0 radical (unpaired) electrons. The molecular weight excluding hydrogens is 244 g/mol. The first kappa shape index (κ1) is 15.0. The molecule has 5 nitrogen and oxygen atoms in total. The third-order valence-corrected chi connectivity index (χ3v) is 2.32. The van der Waals surface area contributed by atoms with E-state index in [-0.39, 0.29) is 5.91 Å². The zero-order valence-electron chi connectivity index (χ0n) is 11.5. The van der Waals surface area contributed by atoms with E-state index in [9.17, 15) is 9.59 Å². The van der Waals surface area contributed by atoms with E-state index in [1.807, 2.05) is 13.8 Å². The quantitative estimate of drug-likeness (QED) is 0.859. The normalized spacial score (nSPS) is 10.1. The van der Waals surface area contributed by atoms with Crippen molar-refractivity contribution in [2.75, 3.05) is 18.5 Å². The van der Waals surface area contributed by atoms with Gasteiger partial charge >= 0.3 is 6.09 Å². The van der Waals surface area contributed by atoms with E-state index in [0.717, 1.165) is 0 Å². The number of hydrogen-bond donors (Lipinski definition) is 2. The van der Waals surface area contributed by atoms with Crippen LogP contribution in [-0.2, 0) is 4.74 Å². The van der Waals surface area contributed by atoms with Crippen molar-refractivity contribution in [1.82, 2.24) is 5.32 Å². The van der Waals surface area contributed by atoms with Crippen LogP contribution in [0.1, 0.15) is 31.1 Å². The van der Waals surface area contributed by atoms with E-state index in [1.54, 1.807) is 31.2 Å². The number of benzene rings is 1. The number of anilines is 1. The second-order valence-electron chi connectivity index (χ2n) is 4.53. The molecule has 19 heavy (non-hydrogen) atoms. The Kier molecular flexibility index (Phi) is 5.85. The van der Waals surface area contributed by atoms with Gasteiger partial charge in [-0.05, 0) is 31.0 Å². The molecule has 0 bridgehead atoms. The summed E-state index contributed by atoms with van der Waals surface area (Å²) in [7, 11) is 0. The molecule has 1 aromatic carbocycles. The molecular formula is C14H20N2O3. The number of amides is 2. The molecule has 1 rings (SSSR count). The summed E-state index contributed by atoms with van der Waals surface area (Å²) in [6, 6.07) is 6.74. The minimum Gasteiger partial charge on any atom is -0.450 e. The van der Waals surface area contributed by atoms with Crippen molar-refractivity contribution in [1.29, 1.82) is 0 Å². The molecule has 0 heterocycles. The monoisotopic (exact) mass is 264 g/mol. The number of ether oxygens (including phenoxy) is 1. The van der Waals surface area contributed by atoms with Gasteiger partial charge in [0.05, 0.1) is 6.61 Å². The van der Waals surface area contributed by atoms with Crippen molar-refractivity contribution in [3.8, 4) is 0 Å². The van der Waals surface area contributed by atoms with Crippen LogP contribution in [0.4, 0.5) is 10.5 Å². The van der Waals surface area contributed by atoms with Crippen LogP contribution in [0, 0.1) is 5.92 Å². The van der Waals surface area contributed by atoms with Gasteiger partial charge in [-0.1, -0.05) is 19.9 Å². The predicted octanol–water partition coefficient (Wildman–Crippen LogP) is 2.64. The summed E-state index contributed by atoms with van der Waals surface area (Å²) in [4.78, 5) is 23.1. The van der Waals surface area contributed by atoms with Crippen LogP contribution in [0.2, 0.25) is 0 Å². The zero-order valence-corrected chi connectivity index (χ0v) is 11.5. The van der Waals surface area contributed by atoms with Crippen molar-refractivity contribution < 1.29 is 14.3 Å². The summed E-state index contributed by atoms with van der Waals surface area (Å²) >= 11 is 0. The lowest BCUT2D eigenvalue weighted by molar-refractivity contribution is 0.0949. The first-order valence-corrected chi connectivity index (χ1v) is 6.35. The predicted molar refractivity (Wildman–Crippen MR) is 74.3 cm³/mol. The summed E-state index contributed by atoms with van der Waals surface area (Å²) in [5, 5.41) is 5.38. The molecule has 0 unspecified atom stereocenters. The number of rotatable bonds is 5. The van der Waals surface area contributed by atoms with Crippen molar-refractivity contribution in [3.05, 3.63) is 29.8 Å². The largest absolute Gasteiger partial charge is 0.450 e. The van der Waals surface area contributed by atoms with Crippen LogP contribution in [0.5, 0.6) is 0 Å². The lowest BCUT2D eigenvalue weighted by Gasteiger charge is -2.09. The van der Waals surface area contributed by atoms with Crippen LogP contribution in [0.3, 0.4) is 0 Å². The molecule has 0 aliphatic carbocycles. The van der Waals surface area contributed by atoms with E-state index >= 15 is 0 Å². The standard InChI is InChI=1S/C14H20N2O3/c1-4-19-14(18)16-12-7-5-6-11(8-12)13(17)15-9-10(2)3/h5-8,10H,4,9H2,1-3H3,(H,15,17)(H,16,18). The highest BCUT2D eigenvalue weighted by Crippen LogP contribution is 2.11. The third-order valence-electron chi connectivity index (χ3n) is 2.32. The van der Waals surface area contributed by atoms with Crippen molar-refractivity contribution in [2.45, 2.75) is 20.8 Å². The molecule has 2 N–H and O–H groups in total. The van der Waals surface area contributed by atoms with Gasteiger partial charge in [0.15, 0.2) is 0 Å². The minimum absolute atomic E-state index is 0.152. The van der Waals surface area contributed by atoms with Gasteiger partial charge in [-0.25, -0.2) is 4.79 Å². The number of carbonyl (C=O) groups is 2. The molecule has 5 heteroatoms. The minimum atomic E-state index is -0.526. The smallest absolute Gasteiger partial charge is 0.411 e. The SMILES string of the molecule is CCOC(=O)Nc1cccc(C(=O)NCC(C)C)c1. The Bertz CT molecular complexity index is 444. The molecule has 0 atom stereocenters. The van der Waals surface area contributed by atoms with E-state index in [0.29, 0.717) is 30.3 Å². The van der Waals surface area contributed by atoms with Crippen molar-refractivity contribution in [2.24, 2.45) is 5.92 Å². The van der Waals surface area contributed by atoms with Gasteiger partial charge in [0.25, 0.3) is 5.91 Å². The second kappa shape index (κ2) is 7.41. The molecule has 1 aromatic rings. The van der Waals surface area contributed by atoms with Gasteiger partial charge in [-0.2, -0.15) is 0 Å². The Hall–Kier alpha value is -2.04. The summed E-state index contributed by atoms with van der Waals surface area (Å²) < 4.78 is 4.77. The van der Waals surface area contributed by atoms with Gasteiger partial charge < -0.3 is 10.1 Å². The van der Waals surface area contributed by atoms with Crippen LogP contribution in [0.15, 0.2) is 24.3 Å². The summed E-state index contributed by atoms with van der Waals surface area (Å²) in [5.41, 5.74) is 1.05. The molecule has 0 saturated heterocycles. The molecule has 2 amide bonds. The summed E-state index contributed by atoms with van der Waals surface area (Å²) in [6.07, 6.45) is -0.526. The van der Waals surface area contributed by atoms with Gasteiger partial charge in [-0.15, -0.1) is 0 Å². The van der Waals surface area contributed by atoms with E-state index in [1.165, 1.54) is 0 Å². The lowest BCUT2D eigenvalue weighted by Crippen LogP contribution is -2.27. The molecule has 0 aliphatic heterocycles. The van der Waals surface area contributed by atoms with E-state index in [2.05, 4.69) is 10.6 Å². The number of carbonyl (C=O) groups excluding carboxylic acids is 2. The Labute approximate surface area is 113 Å². The van der Waals surface area contributed by atoms with Crippen molar-refractivity contribution >= 4 is 17.7 Å². The topological polar surface area (TPSA) is 67.4 Å². The van der Waals surface area contributed by atoms with Gasteiger partial charge in [-0.3, -0.25) is 10.1 Å². The first-order valence-electron chi connectivity index (χ1n) is 6.35. The average molecular weight is 264 g/mol. The molecule has 0 aliphatic rings. The Morgan fingerprint density at radius 2 is 2.05 bits per heavy atom. The maximum atomic E-state index is 11.9. The second-order valence-corrected chi connectivity index (χ2v) is 4.53. The molecule has 0 saturated carbocycles. The van der Waals surface area contributed by atoms with Gasteiger partial charge in [0.1, 0.15) is 0 Å². The highest BCUT2D eigenvalue weighted by molar-refractivity contribution is 5.96. The number of nitrogens with one attached hydrogen (secondary N) is 2. The highest BCUT2D eigenvalue weighted by Gasteiger charge is 2.08. The van der Waals surface area contributed by atoms with Gasteiger partial charge in [0, 0.05) is 17.8 Å². The highest BCUT2D eigenvalue weighted by atomic mass is 16.5. The summed E-state index contributed by atoms with van der Waals surface area (Å²) in [5.74, 6) is 0.242. The fraction of sp³-hybridized carbons (Fsp3) is 0.429. The van der Waals surface area contributed by atoms with Crippen molar-refractivity contribution in [3.63, 3.8) is 0 Å². The van der Waals surface area contributed by atoms with Crippen LogP contribution in [-0.4, -0.2) is 25.2 Å². The van der Waals surface area contributed by atoms with E-state index < -0.39 is 6.09 Å². The Balaban J connectivity index is 2.66. The van der Waals surface area contributed by atoms with Gasteiger partial charge in [0.2, 0.25) is 0 Å². The fourth-order valence-corrected chi connectivity index (χ4v) is 1.42. The average Bonchev–Trinajstić information content (AvgIpc) is 2.36. The van der Waals surface area contributed by atoms with Crippen LogP contribution in [0.25, 0.3) is 0 Å². The summed E-state index contributed by atoms with van der Waals surface area (Å²) in [6.45, 7) is 6.71. The van der Waals surface area contributed by atoms with Crippen LogP contribution >= 0.6 is 0 Å². The lowest BCUT2D eigenvalue weighted by atomic mass is 10.1. The van der Waals surface area contributed by atoms with E-state index in [4.69, 9.17) is 4.74 Å². The zero-order chi connectivity index (χ0) is 14.3. The molecule has 104 valence electrons. The molecule has 0 spiro atoms. The maximum Gasteiger partial charge on any atom is 0.411 e.